The summed E-state index contributed by atoms with van der Waals surface area (Å²) in [6.45, 7) is 2.03. The Labute approximate surface area is 124 Å². The van der Waals surface area contributed by atoms with E-state index in [2.05, 4.69) is 22.6 Å². The summed E-state index contributed by atoms with van der Waals surface area (Å²) in [5, 5.41) is 1.01. The SMILES string of the molecule is Cc1c(-c2ccccc2)oc2c(I)cc(C=O)cc12. The summed E-state index contributed by atoms with van der Waals surface area (Å²) >= 11 is 2.20. The van der Waals surface area contributed by atoms with Crippen LogP contribution in [0.4, 0.5) is 0 Å². The van der Waals surface area contributed by atoms with Crippen molar-refractivity contribution < 1.29 is 9.21 Å². The molecule has 3 heteroatoms. The number of fused-ring (bicyclic) bond motifs is 1. The van der Waals surface area contributed by atoms with E-state index in [4.69, 9.17) is 4.42 Å². The van der Waals surface area contributed by atoms with Gasteiger partial charge in [0.1, 0.15) is 17.6 Å². The highest BCUT2D eigenvalue weighted by Crippen LogP contribution is 2.35. The number of furan rings is 1. The summed E-state index contributed by atoms with van der Waals surface area (Å²) in [4.78, 5) is 11.0. The summed E-state index contributed by atoms with van der Waals surface area (Å²) < 4.78 is 6.95. The van der Waals surface area contributed by atoms with Crippen molar-refractivity contribution in [1.82, 2.24) is 0 Å². The molecule has 0 aliphatic heterocycles. The number of aryl methyl sites for hydroxylation is 1. The number of hydrogen-bond acceptors (Lipinski definition) is 2. The van der Waals surface area contributed by atoms with Crippen molar-refractivity contribution in [3.63, 3.8) is 0 Å². The molecule has 2 aromatic carbocycles. The van der Waals surface area contributed by atoms with Gasteiger partial charge in [0.25, 0.3) is 0 Å². The largest absolute Gasteiger partial charge is 0.455 e. The third-order valence-corrected chi connectivity index (χ3v) is 3.99. The normalized spacial score (nSPS) is 10.8. The number of rotatable bonds is 2. The maximum Gasteiger partial charge on any atom is 0.150 e. The lowest BCUT2D eigenvalue weighted by molar-refractivity contribution is 0.112. The zero-order chi connectivity index (χ0) is 13.4. The highest BCUT2D eigenvalue weighted by atomic mass is 127. The van der Waals surface area contributed by atoms with Gasteiger partial charge in [-0.2, -0.15) is 0 Å². The molecular formula is C16H11IO2. The molecule has 2 nitrogen and oxygen atoms in total. The van der Waals surface area contributed by atoms with Crippen LogP contribution in [0.1, 0.15) is 15.9 Å². The molecule has 0 aliphatic rings. The number of benzene rings is 2. The maximum absolute atomic E-state index is 11.0. The molecular weight excluding hydrogens is 351 g/mol. The lowest BCUT2D eigenvalue weighted by Gasteiger charge is -1.97. The number of aldehydes is 1. The van der Waals surface area contributed by atoms with E-state index in [1.807, 2.05) is 49.4 Å². The first kappa shape index (κ1) is 12.4. The fraction of sp³-hybridized carbons (Fsp3) is 0.0625. The Bertz CT molecular complexity index is 757. The van der Waals surface area contributed by atoms with Crippen LogP contribution < -0.4 is 0 Å². The molecule has 0 spiro atoms. The van der Waals surface area contributed by atoms with Crippen molar-refractivity contribution in [2.24, 2.45) is 0 Å². The van der Waals surface area contributed by atoms with Crippen LogP contribution in [0, 0.1) is 10.5 Å². The van der Waals surface area contributed by atoms with Crippen LogP contribution in [-0.2, 0) is 0 Å². The van der Waals surface area contributed by atoms with Gasteiger partial charge in [0.15, 0.2) is 0 Å². The van der Waals surface area contributed by atoms with E-state index >= 15 is 0 Å². The molecule has 0 bridgehead atoms. The zero-order valence-corrected chi connectivity index (χ0v) is 12.5. The molecule has 0 unspecified atom stereocenters. The molecule has 1 heterocycles. The Morgan fingerprint density at radius 3 is 2.58 bits per heavy atom. The third kappa shape index (κ3) is 2.08. The molecule has 0 amide bonds. The minimum atomic E-state index is 0.681. The molecule has 19 heavy (non-hydrogen) atoms. The van der Waals surface area contributed by atoms with E-state index in [1.54, 1.807) is 0 Å². The van der Waals surface area contributed by atoms with Crippen molar-refractivity contribution in [3.05, 3.63) is 57.2 Å². The second-order valence-corrected chi connectivity index (χ2v) is 5.58. The van der Waals surface area contributed by atoms with Crippen molar-refractivity contribution in [2.45, 2.75) is 6.92 Å². The third-order valence-electron chi connectivity index (χ3n) is 3.19. The van der Waals surface area contributed by atoms with Gasteiger partial charge in [0, 0.05) is 22.1 Å². The number of hydrogen-bond donors (Lipinski definition) is 0. The lowest BCUT2D eigenvalue weighted by atomic mass is 10.1. The Morgan fingerprint density at radius 1 is 1.16 bits per heavy atom. The highest BCUT2D eigenvalue weighted by Gasteiger charge is 2.15. The minimum absolute atomic E-state index is 0.681. The predicted octanol–water partition coefficient (Wildman–Crippen LogP) is 4.83. The Balaban J connectivity index is 2.32. The molecule has 0 N–H and O–H groups in total. The van der Waals surface area contributed by atoms with E-state index < -0.39 is 0 Å². The van der Waals surface area contributed by atoms with Gasteiger partial charge in [-0.1, -0.05) is 30.3 Å². The minimum Gasteiger partial charge on any atom is -0.455 e. The average molecular weight is 362 g/mol. The summed E-state index contributed by atoms with van der Waals surface area (Å²) in [6.07, 6.45) is 0.871. The summed E-state index contributed by atoms with van der Waals surface area (Å²) in [5.41, 5.74) is 3.66. The molecule has 0 radical (unpaired) electrons. The molecule has 0 saturated heterocycles. The first-order valence-electron chi connectivity index (χ1n) is 5.94. The van der Waals surface area contributed by atoms with E-state index in [0.717, 1.165) is 37.7 Å². The smallest absolute Gasteiger partial charge is 0.150 e. The predicted molar refractivity (Wildman–Crippen MR) is 84.5 cm³/mol. The van der Waals surface area contributed by atoms with Crippen LogP contribution in [0.15, 0.2) is 46.9 Å². The van der Waals surface area contributed by atoms with Crippen LogP contribution in [0.25, 0.3) is 22.3 Å². The Kier molecular flexibility index (Phi) is 3.14. The van der Waals surface area contributed by atoms with Gasteiger partial charge in [0.05, 0.1) is 3.57 Å². The van der Waals surface area contributed by atoms with Crippen LogP contribution in [0.5, 0.6) is 0 Å². The van der Waals surface area contributed by atoms with Gasteiger partial charge in [-0.25, -0.2) is 0 Å². The standard InChI is InChI=1S/C16H11IO2/c1-10-13-7-11(9-18)8-14(17)16(13)19-15(10)12-5-3-2-4-6-12/h2-9H,1H3. The monoisotopic (exact) mass is 362 g/mol. The maximum atomic E-state index is 11.0. The van der Waals surface area contributed by atoms with Crippen molar-refractivity contribution >= 4 is 39.8 Å². The van der Waals surface area contributed by atoms with Gasteiger partial charge in [-0.3, -0.25) is 4.79 Å². The zero-order valence-electron chi connectivity index (χ0n) is 10.3. The van der Waals surface area contributed by atoms with E-state index in [0.29, 0.717) is 5.56 Å². The Hall–Kier alpha value is -1.62. The summed E-state index contributed by atoms with van der Waals surface area (Å²) in [6, 6.07) is 13.7. The van der Waals surface area contributed by atoms with E-state index in [9.17, 15) is 4.79 Å². The van der Waals surface area contributed by atoms with Crippen molar-refractivity contribution in [3.8, 4) is 11.3 Å². The Morgan fingerprint density at radius 2 is 1.89 bits per heavy atom. The molecule has 0 saturated carbocycles. The molecule has 1 aromatic heterocycles. The fourth-order valence-corrected chi connectivity index (χ4v) is 2.99. The molecule has 0 fully saturated rings. The number of carbonyl (C=O) groups is 1. The van der Waals surface area contributed by atoms with Crippen molar-refractivity contribution in [1.29, 1.82) is 0 Å². The van der Waals surface area contributed by atoms with Gasteiger partial charge in [-0.05, 0) is 41.6 Å². The van der Waals surface area contributed by atoms with Gasteiger partial charge >= 0.3 is 0 Å². The summed E-state index contributed by atoms with van der Waals surface area (Å²) in [5.74, 6) is 0.872. The van der Waals surface area contributed by atoms with E-state index in [-0.39, 0.29) is 0 Å². The summed E-state index contributed by atoms with van der Waals surface area (Å²) in [7, 11) is 0. The number of carbonyl (C=O) groups excluding carboxylic acids is 1. The highest BCUT2D eigenvalue weighted by molar-refractivity contribution is 14.1. The number of halogens is 1. The fourth-order valence-electron chi connectivity index (χ4n) is 2.23. The van der Waals surface area contributed by atoms with Crippen molar-refractivity contribution in [2.75, 3.05) is 0 Å². The van der Waals surface area contributed by atoms with Gasteiger partial charge in [0.2, 0.25) is 0 Å². The quantitative estimate of drug-likeness (QED) is 0.483. The van der Waals surface area contributed by atoms with E-state index in [1.165, 1.54) is 0 Å². The van der Waals surface area contributed by atoms with Crippen LogP contribution in [-0.4, -0.2) is 6.29 Å². The van der Waals surface area contributed by atoms with Crippen LogP contribution >= 0.6 is 22.6 Å². The second-order valence-electron chi connectivity index (χ2n) is 4.42. The first-order chi connectivity index (χ1) is 9.20. The molecule has 0 aliphatic carbocycles. The van der Waals surface area contributed by atoms with Gasteiger partial charge in [-0.15, -0.1) is 0 Å². The van der Waals surface area contributed by atoms with Crippen LogP contribution in [0.3, 0.4) is 0 Å². The lowest BCUT2D eigenvalue weighted by Crippen LogP contribution is -1.82. The molecule has 94 valence electrons. The van der Waals surface area contributed by atoms with Gasteiger partial charge < -0.3 is 4.42 Å². The molecule has 0 atom stereocenters. The molecule has 3 aromatic rings. The average Bonchev–Trinajstić information content (AvgIpc) is 2.78. The topological polar surface area (TPSA) is 30.2 Å². The first-order valence-corrected chi connectivity index (χ1v) is 7.02. The molecule has 3 rings (SSSR count). The van der Waals surface area contributed by atoms with Crippen LogP contribution in [0.2, 0.25) is 0 Å². The second kappa shape index (κ2) is 4.81.